The molecule has 0 amide bonds. The Balaban J connectivity index is 1.81. The van der Waals surface area contributed by atoms with Gasteiger partial charge in [0.25, 0.3) is 0 Å². The van der Waals surface area contributed by atoms with E-state index in [4.69, 9.17) is 9.47 Å². The van der Waals surface area contributed by atoms with Crippen molar-refractivity contribution in [3.8, 4) is 11.5 Å². The largest absolute Gasteiger partial charge is 0.469 e. The zero-order valence-corrected chi connectivity index (χ0v) is 13.7. The first-order valence-corrected chi connectivity index (χ1v) is 7.72. The van der Waals surface area contributed by atoms with Crippen molar-refractivity contribution in [2.45, 2.75) is 19.9 Å². The average Bonchev–Trinajstić information content (AvgIpc) is 3.09. The van der Waals surface area contributed by atoms with Gasteiger partial charge in [0.2, 0.25) is 12.7 Å². The number of nitrogens with zero attached hydrogens (tertiary/aromatic N) is 3. The molecule has 0 bridgehead atoms. The van der Waals surface area contributed by atoms with Crippen molar-refractivity contribution in [2.24, 2.45) is 0 Å². The molecule has 1 aromatic carbocycles. The minimum Gasteiger partial charge on any atom is -0.469 e. The van der Waals surface area contributed by atoms with Crippen molar-refractivity contribution in [3.63, 3.8) is 0 Å². The predicted molar refractivity (Wildman–Crippen MR) is 87.0 cm³/mol. The highest BCUT2D eigenvalue weighted by Gasteiger charge is 2.20. The molecule has 2 aromatic rings. The minimum atomic E-state index is -0.325. The van der Waals surface area contributed by atoms with E-state index in [0.717, 1.165) is 17.1 Å². The third kappa shape index (κ3) is 3.40. The Morgan fingerprint density at radius 2 is 2.21 bits per heavy atom. The van der Waals surface area contributed by atoms with Gasteiger partial charge in [-0.1, -0.05) is 12.1 Å². The molecule has 7 heteroatoms. The number of rotatable bonds is 6. The summed E-state index contributed by atoms with van der Waals surface area (Å²) in [7, 11) is 1.36. The predicted octanol–water partition coefficient (Wildman–Crippen LogP) is 1.95. The Bertz CT molecular complexity index is 736. The Kier molecular flexibility index (Phi) is 4.79. The molecule has 1 aromatic heterocycles. The van der Waals surface area contributed by atoms with E-state index >= 15 is 0 Å². The summed E-state index contributed by atoms with van der Waals surface area (Å²) in [6, 6.07) is 7.53. The number of aromatic nitrogens is 2. The minimum absolute atomic E-state index is 0.126. The molecule has 0 spiro atoms. The van der Waals surface area contributed by atoms with Gasteiger partial charge in [-0.2, -0.15) is 0 Å². The lowest BCUT2D eigenvalue weighted by molar-refractivity contribution is -0.139. The van der Waals surface area contributed by atoms with Crippen molar-refractivity contribution < 1.29 is 19.0 Å². The summed E-state index contributed by atoms with van der Waals surface area (Å²) in [4.78, 5) is 22.2. The number of carbonyl (C=O) groups excluding carboxylic acids is 1. The lowest BCUT2D eigenvalue weighted by Gasteiger charge is -2.21. The Labute approximate surface area is 140 Å². The Morgan fingerprint density at radius 1 is 1.33 bits per heavy atom. The molecule has 126 valence electrons. The maximum atomic E-state index is 11.4. The van der Waals surface area contributed by atoms with Crippen LogP contribution in [-0.2, 0) is 22.5 Å². The van der Waals surface area contributed by atoms with Crippen LogP contribution >= 0.6 is 0 Å². The Morgan fingerprint density at radius 3 is 3.00 bits per heavy atom. The van der Waals surface area contributed by atoms with Crippen molar-refractivity contribution >= 4 is 11.9 Å². The second-order valence-corrected chi connectivity index (χ2v) is 5.27. The van der Waals surface area contributed by atoms with Crippen molar-refractivity contribution in [1.82, 2.24) is 9.97 Å². The summed E-state index contributed by atoms with van der Waals surface area (Å²) in [6.45, 7) is 3.57. The number of carbonyl (C=O) groups is 1. The number of hydrogen-bond donors (Lipinski definition) is 0. The fourth-order valence-electron chi connectivity index (χ4n) is 2.50. The summed E-state index contributed by atoms with van der Waals surface area (Å²) in [5.74, 6) is 1.76. The molecular weight excluding hydrogens is 310 g/mol. The number of fused-ring (bicyclic) bond motifs is 1. The van der Waals surface area contributed by atoms with Crippen LogP contribution in [0, 0.1) is 0 Å². The smallest absolute Gasteiger partial charge is 0.311 e. The number of ether oxygens (including phenoxy) is 3. The third-order valence-electron chi connectivity index (χ3n) is 3.76. The number of para-hydroxylation sites is 1. The van der Waals surface area contributed by atoms with E-state index in [0.29, 0.717) is 24.7 Å². The van der Waals surface area contributed by atoms with Gasteiger partial charge < -0.3 is 19.1 Å². The zero-order valence-electron chi connectivity index (χ0n) is 13.7. The molecule has 0 unspecified atom stereocenters. The van der Waals surface area contributed by atoms with Crippen LogP contribution in [0.25, 0.3) is 0 Å². The molecule has 2 heterocycles. The molecule has 24 heavy (non-hydrogen) atoms. The van der Waals surface area contributed by atoms with Crippen LogP contribution in [0.2, 0.25) is 0 Å². The van der Waals surface area contributed by atoms with Crippen molar-refractivity contribution in [1.29, 1.82) is 0 Å². The van der Waals surface area contributed by atoms with Crippen LogP contribution in [0.3, 0.4) is 0 Å². The highest BCUT2D eigenvalue weighted by Crippen LogP contribution is 2.36. The summed E-state index contributed by atoms with van der Waals surface area (Å²) in [5, 5.41) is 0. The van der Waals surface area contributed by atoms with Gasteiger partial charge in [0.15, 0.2) is 11.5 Å². The average molecular weight is 329 g/mol. The van der Waals surface area contributed by atoms with Gasteiger partial charge in [0, 0.05) is 24.8 Å². The van der Waals surface area contributed by atoms with E-state index < -0.39 is 0 Å². The van der Waals surface area contributed by atoms with Crippen LogP contribution < -0.4 is 14.4 Å². The third-order valence-corrected chi connectivity index (χ3v) is 3.76. The quantitative estimate of drug-likeness (QED) is 0.750. The van der Waals surface area contributed by atoms with Gasteiger partial charge in [-0.15, -0.1) is 0 Å². The molecular formula is C17H19N3O4. The summed E-state index contributed by atoms with van der Waals surface area (Å²) in [6.07, 6.45) is 1.78. The number of methoxy groups -OCH3 is 1. The molecule has 1 aliphatic heterocycles. The van der Waals surface area contributed by atoms with Crippen molar-refractivity contribution in [2.75, 3.05) is 25.3 Å². The fourth-order valence-corrected chi connectivity index (χ4v) is 2.50. The zero-order chi connectivity index (χ0) is 16.9. The molecule has 1 aliphatic rings. The first-order chi connectivity index (χ1) is 11.7. The van der Waals surface area contributed by atoms with E-state index in [9.17, 15) is 4.79 Å². The van der Waals surface area contributed by atoms with Gasteiger partial charge >= 0.3 is 5.97 Å². The highest BCUT2D eigenvalue weighted by atomic mass is 16.7. The Hall–Kier alpha value is -2.83. The second-order valence-electron chi connectivity index (χ2n) is 5.27. The molecule has 0 radical (unpaired) electrons. The maximum absolute atomic E-state index is 11.4. The van der Waals surface area contributed by atoms with Gasteiger partial charge in [-0.25, -0.2) is 9.97 Å². The van der Waals surface area contributed by atoms with E-state index in [1.165, 1.54) is 7.11 Å². The lowest BCUT2D eigenvalue weighted by Crippen LogP contribution is -2.25. The molecule has 3 rings (SSSR count). The summed E-state index contributed by atoms with van der Waals surface area (Å²) in [5.41, 5.74) is 1.64. The fraction of sp³-hybridized carbons (Fsp3) is 0.353. The van der Waals surface area contributed by atoms with Gasteiger partial charge in [-0.3, -0.25) is 4.79 Å². The van der Waals surface area contributed by atoms with Crippen LogP contribution in [0.1, 0.15) is 18.2 Å². The first-order valence-electron chi connectivity index (χ1n) is 7.72. The SMILES string of the molecule is CCN(Cc1cccc2c1OCO2)c1nccc(CC(=O)OC)n1. The van der Waals surface area contributed by atoms with Crippen molar-refractivity contribution in [3.05, 3.63) is 41.7 Å². The lowest BCUT2D eigenvalue weighted by atomic mass is 10.1. The normalized spacial score (nSPS) is 12.1. The molecule has 0 fully saturated rings. The highest BCUT2D eigenvalue weighted by molar-refractivity contribution is 5.71. The molecule has 0 aliphatic carbocycles. The molecule has 0 saturated carbocycles. The number of benzene rings is 1. The first kappa shape index (κ1) is 16.0. The standard InChI is InChI=1S/C17H19N3O4/c1-3-20(10-12-5-4-6-14-16(12)24-11-23-14)17-18-8-7-13(19-17)9-15(21)22-2/h4-8H,3,9-11H2,1-2H3. The number of anilines is 1. The van der Waals surface area contributed by atoms with Gasteiger partial charge in [0.05, 0.1) is 19.2 Å². The monoisotopic (exact) mass is 329 g/mol. The molecule has 7 nitrogen and oxygen atoms in total. The van der Waals surface area contributed by atoms with Gasteiger partial charge in [-0.05, 0) is 19.1 Å². The van der Waals surface area contributed by atoms with E-state index in [1.54, 1.807) is 12.3 Å². The van der Waals surface area contributed by atoms with Crippen LogP contribution in [0.4, 0.5) is 5.95 Å². The molecule has 0 N–H and O–H groups in total. The molecule has 0 saturated heterocycles. The second kappa shape index (κ2) is 7.16. The number of esters is 1. The van der Waals surface area contributed by atoms with Gasteiger partial charge in [0.1, 0.15) is 0 Å². The maximum Gasteiger partial charge on any atom is 0.311 e. The van der Waals surface area contributed by atoms with E-state index in [1.807, 2.05) is 30.0 Å². The summed E-state index contributed by atoms with van der Waals surface area (Å²) >= 11 is 0. The number of hydrogen-bond acceptors (Lipinski definition) is 7. The van der Waals surface area contributed by atoms with Crippen LogP contribution in [0.15, 0.2) is 30.5 Å². The van der Waals surface area contributed by atoms with E-state index in [2.05, 4.69) is 14.7 Å². The van der Waals surface area contributed by atoms with Crippen LogP contribution in [-0.4, -0.2) is 36.4 Å². The topological polar surface area (TPSA) is 73.8 Å². The molecule has 0 atom stereocenters. The van der Waals surface area contributed by atoms with E-state index in [-0.39, 0.29) is 19.2 Å². The summed E-state index contributed by atoms with van der Waals surface area (Å²) < 4.78 is 15.6. The van der Waals surface area contributed by atoms with Crippen LogP contribution in [0.5, 0.6) is 11.5 Å².